The Morgan fingerprint density at radius 1 is 1.11 bits per heavy atom. The minimum absolute atomic E-state index is 0.218. The number of anilines is 3. The molecule has 0 saturated carbocycles. The Kier molecular flexibility index (Phi) is 5.71. The Morgan fingerprint density at radius 2 is 1.86 bits per heavy atom. The maximum atomic E-state index is 13.3. The van der Waals surface area contributed by atoms with Gasteiger partial charge >= 0.3 is 0 Å². The summed E-state index contributed by atoms with van der Waals surface area (Å²) in [5.74, 6) is -0.0546. The van der Waals surface area contributed by atoms with Gasteiger partial charge < -0.3 is 15.5 Å². The summed E-state index contributed by atoms with van der Waals surface area (Å²) in [6, 6.07) is 19.4. The minimum atomic E-state index is -0.521. The number of benzene rings is 2. The Labute approximate surface area is 207 Å². The van der Waals surface area contributed by atoms with Crippen molar-refractivity contribution in [3.63, 3.8) is 0 Å². The van der Waals surface area contributed by atoms with Gasteiger partial charge in [0.05, 0.1) is 28.3 Å². The maximum absolute atomic E-state index is 13.3. The van der Waals surface area contributed by atoms with Gasteiger partial charge in [0.25, 0.3) is 11.8 Å². The van der Waals surface area contributed by atoms with E-state index in [1.165, 1.54) is 17.5 Å². The first-order valence-corrected chi connectivity index (χ1v) is 12.1. The number of pyridine rings is 1. The molecule has 0 aliphatic carbocycles. The molecule has 0 unspecified atom stereocenters. The summed E-state index contributed by atoms with van der Waals surface area (Å²) in [4.78, 5) is 32.4. The molecule has 2 N–H and O–H groups in total. The predicted octanol–water partition coefficient (Wildman–Crippen LogP) is 5.59. The lowest BCUT2D eigenvalue weighted by molar-refractivity contribution is 0.0368. The molecule has 35 heavy (non-hydrogen) atoms. The molecule has 5 rings (SSSR count). The highest BCUT2D eigenvalue weighted by molar-refractivity contribution is 7.17. The van der Waals surface area contributed by atoms with Crippen LogP contribution < -0.4 is 10.6 Å². The van der Waals surface area contributed by atoms with Crippen LogP contribution in [0.25, 0.3) is 10.1 Å². The number of carbonyl (C=O) groups is 2. The molecule has 7 nitrogen and oxygen atoms in total. The summed E-state index contributed by atoms with van der Waals surface area (Å²) in [7, 11) is 0. The van der Waals surface area contributed by atoms with Crippen LogP contribution in [0.15, 0.2) is 66.2 Å². The number of hydrogen-bond donors (Lipinski definition) is 2. The number of aromatic nitrogens is 1. The molecule has 2 amide bonds. The summed E-state index contributed by atoms with van der Waals surface area (Å²) in [5, 5.41) is 18.2. The molecule has 1 aliphatic rings. The lowest BCUT2D eigenvalue weighted by atomic mass is 9.83. The number of thiophene rings is 1. The van der Waals surface area contributed by atoms with Crippen LogP contribution >= 0.6 is 11.3 Å². The molecule has 4 aromatic rings. The largest absolute Gasteiger partial charge is 0.338 e. The first-order valence-electron chi connectivity index (χ1n) is 11.2. The molecule has 1 saturated heterocycles. The van der Waals surface area contributed by atoms with E-state index in [-0.39, 0.29) is 11.8 Å². The van der Waals surface area contributed by atoms with E-state index in [1.54, 1.807) is 11.0 Å². The molecule has 2 aromatic carbocycles. The van der Waals surface area contributed by atoms with Gasteiger partial charge in [-0.1, -0.05) is 36.4 Å². The van der Waals surface area contributed by atoms with E-state index in [4.69, 9.17) is 0 Å². The van der Waals surface area contributed by atoms with Crippen molar-refractivity contribution in [1.82, 2.24) is 9.88 Å². The smallest absolute Gasteiger partial charge is 0.257 e. The molecule has 0 atom stereocenters. The predicted molar refractivity (Wildman–Crippen MR) is 138 cm³/mol. The van der Waals surface area contributed by atoms with Crippen molar-refractivity contribution in [2.45, 2.75) is 13.8 Å². The van der Waals surface area contributed by atoms with Gasteiger partial charge in [0.1, 0.15) is 0 Å². The molecule has 8 heteroatoms. The minimum Gasteiger partial charge on any atom is -0.338 e. The van der Waals surface area contributed by atoms with Gasteiger partial charge in [-0.05, 0) is 37.6 Å². The van der Waals surface area contributed by atoms with E-state index in [0.29, 0.717) is 35.7 Å². The van der Waals surface area contributed by atoms with Crippen molar-refractivity contribution < 1.29 is 9.59 Å². The van der Waals surface area contributed by atoms with Crippen molar-refractivity contribution in [2.24, 2.45) is 5.41 Å². The molecule has 0 radical (unpaired) electrons. The zero-order valence-corrected chi connectivity index (χ0v) is 20.1. The third-order valence-corrected chi connectivity index (χ3v) is 7.11. The lowest BCUT2D eigenvalue weighted by Gasteiger charge is -2.43. The van der Waals surface area contributed by atoms with E-state index in [0.717, 1.165) is 21.3 Å². The summed E-state index contributed by atoms with van der Waals surface area (Å²) in [5.41, 5.74) is 2.67. The SMILES string of the molecule is Cc1ccccc1Nc1ncc(C(=O)N2CC(C)(C#N)C2)cc1NC(=O)c1csc2ccccc12. The van der Waals surface area contributed by atoms with Crippen molar-refractivity contribution >= 4 is 50.4 Å². The van der Waals surface area contributed by atoms with Gasteiger partial charge in [-0.15, -0.1) is 11.3 Å². The molecule has 3 heterocycles. The third kappa shape index (κ3) is 4.34. The number of hydrogen-bond acceptors (Lipinski definition) is 6. The Bertz CT molecular complexity index is 1500. The van der Waals surface area contributed by atoms with Crippen LogP contribution in [0.3, 0.4) is 0 Å². The monoisotopic (exact) mass is 481 g/mol. The zero-order valence-electron chi connectivity index (χ0n) is 19.3. The van der Waals surface area contributed by atoms with Gasteiger partial charge in [0.2, 0.25) is 0 Å². The number of nitrogens with one attached hydrogen (secondary N) is 2. The van der Waals surface area contributed by atoms with E-state index >= 15 is 0 Å². The molecule has 0 spiro atoms. The molecule has 1 fully saturated rings. The Balaban J connectivity index is 1.47. The van der Waals surface area contributed by atoms with Crippen LogP contribution in [0.5, 0.6) is 0 Å². The van der Waals surface area contributed by atoms with Gasteiger partial charge in [0.15, 0.2) is 5.82 Å². The first kappa shape index (κ1) is 22.6. The number of fused-ring (bicyclic) bond motifs is 1. The molecule has 0 bridgehead atoms. The number of aryl methyl sites for hydroxylation is 1. The number of carbonyl (C=O) groups excluding carboxylic acids is 2. The lowest BCUT2D eigenvalue weighted by Crippen LogP contribution is -2.56. The van der Waals surface area contributed by atoms with Crippen molar-refractivity contribution in [3.8, 4) is 6.07 Å². The van der Waals surface area contributed by atoms with Crippen molar-refractivity contribution in [2.75, 3.05) is 23.7 Å². The van der Waals surface area contributed by atoms with Gasteiger partial charge in [0, 0.05) is 40.4 Å². The zero-order chi connectivity index (χ0) is 24.6. The summed E-state index contributed by atoms with van der Waals surface area (Å²) >= 11 is 1.51. The second kappa shape index (κ2) is 8.85. The maximum Gasteiger partial charge on any atom is 0.257 e. The van der Waals surface area contributed by atoms with E-state index in [9.17, 15) is 14.9 Å². The van der Waals surface area contributed by atoms with Crippen LogP contribution in [-0.4, -0.2) is 34.8 Å². The standard InChI is InChI=1S/C27H23N5O2S/c1-17-7-3-5-9-21(17)30-24-22(31-25(33)20-13-35-23-10-6-4-8-19(20)23)11-18(12-29-24)26(34)32-15-27(2,14-28)16-32/h3-13H,15-16H2,1-2H3,(H,29,30)(H,31,33). The number of amides is 2. The number of nitriles is 1. The number of nitrogens with zero attached hydrogens (tertiary/aromatic N) is 3. The van der Waals surface area contributed by atoms with E-state index in [1.807, 2.05) is 67.8 Å². The Morgan fingerprint density at radius 3 is 2.63 bits per heavy atom. The Hall–Kier alpha value is -4.22. The fourth-order valence-corrected chi connectivity index (χ4v) is 5.09. The van der Waals surface area contributed by atoms with Crippen LogP contribution in [-0.2, 0) is 0 Å². The second-order valence-corrected chi connectivity index (χ2v) is 9.90. The molecular weight excluding hydrogens is 458 g/mol. The number of rotatable bonds is 5. The van der Waals surface area contributed by atoms with E-state index < -0.39 is 5.41 Å². The normalized spacial score (nSPS) is 14.1. The summed E-state index contributed by atoms with van der Waals surface area (Å²) < 4.78 is 1.02. The quantitative estimate of drug-likeness (QED) is 0.387. The highest BCUT2D eigenvalue weighted by Gasteiger charge is 2.42. The fraction of sp³-hybridized carbons (Fsp3) is 0.185. The first-order chi connectivity index (χ1) is 16.9. The van der Waals surface area contributed by atoms with Crippen LogP contribution in [0.1, 0.15) is 33.2 Å². The van der Waals surface area contributed by atoms with Crippen molar-refractivity contribution in [3.05, 3.63) is 82.9 Å². The summed E-state index contributed by atoms with van der Waals surface area (Å²) in [6.07, 6.45) is 1.50. The molecular formula is C27H23N5O2S. The third-order valence-electron chi connectivity index (χ3n) is 6.14. The van der Waals surface area contributed by atoms with Gasteiger partial charge in [-0.3, -0.25) is 9.59 Å². The molecule has 1 aliphatic heterocycles. The average molecular weight is 482 g/mol. The molecule has 174 valence electrons. The van der Waals surface area contributed by atoms with Crippen LogP contribution in [0, 0.1) is 23.7 Å². The summed E-state index contributed by atoms with van der Waals surface area (Å²) in [6.45, 7) is 4.55. The van der Waals surface area contributed by atoms with Crippen LogP contribution in [0.4, 0.5) is 17.2 Å². The van der Waals surface area contributed by atoms with Crippen molar-refractivity contribution in [1.29, 1.82) is 5.26 Å². The number of likely N-dealkylation sites (tertiary alicyclic amines) is 1. The van der Waals surface area contributed by atoms with Crippen LogP contribution in [0.2, 0.25) is 0 Å². The number of para-hydroxylation sites is 1. The fourth-order valence-electron chi connectivity index (χ4n) is 4.15. The second-order valence-electron chi connectivity index (χ2n) is 8.99. The van der Waals surface area contributed by atoms with Gasteiger partial charge in [-0.2, -0.15) is 5.26 Å². The highest BCUT2D eigenvalue weighted by Crippen LogP contribution is 2.33. The van der Waals surface area contributed by atoms with Gasteiger partial charge in [-0.25, -0.2) is 4.98 Å². The average Bonchev–Trinajstić information content (AvgIpc) is 3.28. The highest BCUT2D eigenvalue weighted by atomic mass is 32.1. The molecule has 2 aromatic heterocycles. The topological polar surface area (TPSA) is 98.1 Å². The van der Waals surface area contributed by atoms with E-state index in [2.05, 4.69) is 21.7 Å².